The molecule has 0 aliphatic heterocycles. The lowest BCUT2D eigenvalue weighted by Crippen LogP contribution is -2.26. The molecule has 0 saturated heterocycles. The van der Waals surface area contributed by atoms with Crippen LogP contribution < -0.4 is 5.43 Å². The number of carbonyl (C=O) groups excluding carboxylic acids is 1. The highest BCUT2D eigenvalue weighted by Gasteiger charge is 2.13. The average molecular weight is 385 g/mol. The molecule has 0 radical (unpaired) electrons. The fourth-order valence-electron chi connectivity index (χ4n) is 3.20. The van der Waals surface area contributed by atoms with Gasteiger partial charge in [0, 0.05) is 10.5 Å². The van der Waals surface area contributed by atoms with Gasteiger partial charge >= 0.3 is 0 Å². The van der Waals surface area contributed by atoms with E-state index in [1.807, 2.05) is 61.5 Å². The minimum Gasteiger partial charge on any atom is -0.272 e. The molecule has 4 aromatic carbocycles. The highest BCUT2D eigenvalue weighted by molar-refractivity contribution is 8.00. The summed E-state index contributed by atoms with van der Waals surface area (Å²) >= 11 is 1.52. The van der Waals surface area contributed by atoms with Gasteiger partial charge < -0.3 is 0 Å². The van der Waals surface area contributed by atoms with Crippen LogP contribution in [-0.2, 0) is 4.79 Å². The highest BCUT2D eigenvalue weighted by atomic mass is 32.2. The van der Waals surface area contributed by atoms with E-state index in [2.05, 4.69) is 40.9 Å². The molecule has 1 atom stereocenters. The molecule has 0 aliphatic carbocycles. The van der Waals surface area contributed by atoms with E-state index in [4.69, 9.17) is 0 Å². The first-order valence-electron chi connectivity index (χ1n) is 9.17. The second-order valence-corrected chi connectivity index (χ2v) is 7.95. The number of carbonyl (C=O) groups is 1. The number of benzene rings is 4. The van der Waals surface area contributed by atoms with Crippen LogP contribution in [0.25, 0.3) is 21.5 Å². The molecule has 1 amide bonds. The van der Waals surface area contributed by atoms with Crippen LogP contribution in [0.5, 0.6) is 0 Å². The third-order valence-corrected chi connectivity index (χ3v) is 5.72. The lowest BCUT2D eigenvalue weighted by atomic mass is 9.97. The zero-order valence-electron chi connectivity index (χ0n) is 15.5. The van der Waals surface area contributed by atoms with Crippen LogP contribution in [0.3, 0.4) is 0 Å². The first-order chi connectivity index (χ1) is 13.7. The van der Waals surface area contributed by atoms with Gasteiger partial charge in [0.15, 0.2) is 0 Å². The number of nitrogens with one attached hydrogen (secondary N) is 1. The Morgan fingerprint density at radius 3 is 2.11 bits per heavy atom. The van der Waals surface area contributed by atoms with Crippen molar-refractivity contribution in [2.45, 2.75) is 17.1 Å². The van der Waals surface area contributed by atoms with Crippen molar-refractivity contribution in [2.75, 3.05) is 0 Å². The van der Waals surface area contributed by atoms with E-state index in [0.717, 1.165) is 32.0 Å². The van der Waals surface area contributed by atoms with Crippen molar-refractivity contribution < 1.29 is 4.79 Å². The number of fused-ring (bicyclic) bond motifs is 2. The summed E-state index contributed by atoms with van der Waals surface area (Å²) < 4.78 is 0. The predicted molar refractivity (Wildman–Crippen MR) is 119 cm³/mol. The number of hydrogen-bond acceptors (Lipinski definition) is 3. The van der Waals surface area contributed by atoms with E-state index >= 15 is 0 Å². The van der Waals surface area contributed by atoms with Crippen LogP contribution in [0.2, 0.25) is 0 Å². The van der Waals surface area contributed by atoms with Crippen LogP contribution in [0, 0.1) is 0 Å². The van der Waals surface area contributed by atoms with Crippen LogP contribution in [0.15, 0.2) is 94.9 Å². The van der Waals surface area contributed by atoms with Gasteiger partial charge in [-0.15, -0.1) is 11.8 Å². The van der Waals surface area contributed by atoms with Crippen molar-refractivity contribution in [3.8, 4) is 0 Å². The maximum Gasteiger partial charge on any atom is 0.253 e. The van der Waals surface area contributed by atoms with Gasteiger partial charge in [0.1, 0.15) is 0 Å². The molecule has 0 saturated carbocycles. The van der Waals surface area contributed by atoms with Crippen molar-refractivity contribution in [2.24, 2.45) is 5.10 Å². The highest BCUT2D eigenvalue weighted by Crippen LogP contribution is 2.27. The van der Waals surface area contributed by atoms with Gasteiger partial charge in [0.05, 0.1) is 11.5 Å². The molecule has 138 valence electrons. The Kier molecular flexibility index (Phi) is 5.40. The summed E-state index contributed by atoms with van der Waals surface area (Å²) in [5.41, 5.74) is 3.70. The molecule has 4 aromatic rings. The van der Waals surface area contributed by atoms with Crippen LogP contribution in [0.4, 0.5) is 0 Å². The molecule has 0 fully saturated rings. The summed E-state index contributed by atoms with van der Waals surface area (Å²) in [6, 6.07) is 28.5. The standard InChI is InChI=1S/C24H20N2OS/c1-17(28-20-11-3-2-4-12-20)24(27)26-25-16-23-21-13-7-5-9-18(21)15-19-10-6-8-14-22(19)23/h2-17H,1H3,(H,26,27). The second-order valence-electron chi connectivity index (χ2n) is 6.54. The van der Waals surface area contributed by atoms with Gasteiger partial charge in [0.25, 0.3) is 5.91 Å². The lowest BCUT2D eigenvalue weighted by molar-refractivity contribution is -0.120. The second kappa shape index (κ2) is 8.28. The molecule has 0 aliphatic rings. The minimum absolute atomic E-state index is 0.116. The topological polar surface area (TPSA) is 41.5 Å². The predicted octanol–water partition coefficient (Wildman–Crippen LogP) is 5.62. The summed E-state index contributed by atoms with van der Waals surface area (Å²) in [5, 5.41) is 8.58. The molecule has 1 unspecified atom stereocenters. The van der Waals surface area contributed by atoms with E-state index in [0.29, 0.717) is 0 Å². The van der Waals surface area contributed by atoms with Crippen LogP contribution >= 0.6 is 11.8 Å². The molecule has 4 heteroatoms. The van der Waals surface area contributed by atoms with E-state index in [-0.39, 0.29) is 11.2 Å². The van der Waals surface area contributed by atoms with E-state index in [9.17, 15) is 4.79 Å². The van der Waals surface area contributed by atoms with E-state index in [1.54, 1.807) is 6.21 Å². The molecule has 4 rings (SSSR count). The number of hydrazone groups is 1. The van der Waals surface area contributed by atoms with Crippen LogP contribution in [-0.4, -0.2) is 17.4 Å². The zero-order chi connectivity index (χ0) is 19.3. The molecular formula is C24H20N2OS. The van der Waals surface area contributed by atoms with E-state index in [1.165, 1.54) is 11.8 Å². The monoisotopic (exact) mass is 384 g/mol. The van der Waals surface area contributed by atoms with E-state index < -0.39 is 0 Å². The van der Waals surface area contributed by atoms with Crippen molar-refractivity contribution in [3.63, 3.8) is 0 Å². The Bertz CT molecular complexity index is 1100. The van der Waals surface area contributed by atoms with Crippen molar-refractivity contribution in [1.29, 1.82) is 0 Å². The number of nitrogens with zero attached hydrogens (tertiary/aromatic N) is 1. The molecule has 0 spiro atoms. The van der Waals surface area contributed by atoms with Crippen molar-refractivity contribution in [1.82, 2.24) is 5.43 Å². The molecule has 1 N–H and O–H groups in total. The third kappa shape index (κ3) is 3.92. The van der Waals surface area contributed by atoms with Crippen molar-refractivity contribution >= 4 is 45.4 Å². The molecule has 0 bridgehead atoms. The fourth-order valence-corrected chi connectivity index (χ4v) is 4.08. The smallest absolute Gasteiger partial charge is 0.253 e. The van der Waals surface area contributed by atoms with Crippen LogP contribution in [0.1, 0.15) is 12.5 Å². The number of rotatable bonds is 5. The SMILES string of the molecule is CC(Sc1ccccc1)C(=O)NN=Cc1c2ccccc2cc2ccccc12. The minimum atomic E-state index is -0.233. The Morgan fingerprint density at radius 1 is 0.893 bits per heavy atom. The Hall–Kier alpha value is -3.11. The Balaban J connectivity index is 1.57. The lowest BCUT2D eigenvalue weighted by Gasteiger charge is -2.10. The summed E-state index contributed by atoms with van der Waals surface area (Å²) in [5.74, 6) is -0.116. The van der Waals surface area contributed by atoms with Gasteiger partial charge in [-0.05, 0) is 46.7 Å². The largest absolute Gasteiger partial charge is 0.272 e. The quantitative estimate of drug-likeness (QED) is 0.210. The molecular weight excluding hydrogens is 364 g/mol. The van der Waals surface area contributed by atoms with Crippen molar-refractivity contribution in [3.05, 3.63) is 90.5 Å². The van der Waals surface area contributed by atoms with Gasteiger partial charge in [-0.3, -0.25) is 4.79 Å². The maximum absolute atomic E-state index is 12.4. The van der Waals surface area contributed by atoms with Gasteiger partial charge in [-0.25, -0.2) is 5.43 Å². The normalized spacial score (nSPS) is 12.5. The summed E-state index contributed by atoms with van der Waals surface area (Å²) in [6.07, 6.45) is 1.75. The summed E-state index contributed by atoms with van der Waals surface area (Å²) in [6.45, 7) is 1.88. The van der Waals surface area contributed by atoms with Gasteiger partial charge in [0.2, 0.25) is 0 Å². The Labute approximate surface area is 168 Å². The zero-order valence-corrected chi connectivity index (χ0v) is 16.3. The Morgan fingerprint density at radius 2 is 1.46 bits per heavy atom. The number of thioether (sulfide) groups is 1. The first kappa shape index (κ1) is 18.3. The number of amides is 1. The van der Waals surface area contributed by atoms with Gasteiger partial charge in [-0.2, -0.15) is 5.10 Å². The molecule has 3 nitrogen and oxygen atoms in total. The first-order valence-corrected chi connectivity index (χ1v) is 10.1. The molecule has 0 aromatic heterocycles. The fraction of sp³-hybridized carbons (Fsp3) is 0.0833. The maximum atomic E-state index is 12.4. The average Bonchev–Trinajstić information content (AvgIpc) is 2.73. The molecule has 28 heavy (non-hydrogen) atoms. The number of hydrogen-bond donors (Lipinski definition) is 1. The third-order valence-electron chi connectivity index (χ3n) is 4.61. The summed E-state index contributed by atoms with van der Waals surface area (Å²) in [7, 11) is 0. The summed E-state index contributed by atoms with van der Waals surface area (Å²) in [4.78, 5) is 13.5. The van der Waals surface area contributed by atoms with Gasteiger partial charge in [-0.1, -0.05) is 66.7 Å². The molecule has 0 heterocycles.